The fourth-order valence-corrected chi connectivity index (χ4v) is 3.74. The van der Waals surface area contributed by atoms with Crippen molar-refractivity contribution in [3.05, 3.63) is 95.1 Å². The summed E-state index contributed by atoms with van der Waals surface area (Å²) in [6, 6.07) is 23.7. The predicted octanol–water partition coefficient (Wildman–Crippen LogP) is 3.95. The van der Waals surface area contributed by atoms with E-state index in [1.165, 1.54) is 11.1 Å². The molecule has 4 rings (SSSR count). The van der Waals surface area contributed by atoms with Gasteiger partial charge in [0.05, 0.1) is 13.2 Å². The molecule has 6 nitrogen and oxygen atoms in total. The summed E-state index contributed by atoms with van der Waals surface area (Å²) in [6.45, 7) is 1.87. The Morgan fingerprint density at radius 2 is 1.90 bits per heavy atom. The first kappa shape index (κ1) is 19.9. The molecule has 1 amide bonds. The van der Waals surface area contributed by atoms with Crippen LogP contribution in [0.4, 0.5) is 0 Å². The first-order valence-electron chi connectivity index (χ1n) is 9.80. The third-order valence-electron chi connectivity index (χ3n) is 5.37. The number of rotatable bonds is 5. The van der Waals surface area contributed by atoms with E-state index in [1.54, 1.807) is 24.7 Å². The second-order valence-electron chi connectivity index (χ2n) is 7.25. The van der Waals surface area contributed by atoms with E-state index in [0.717, 1.165) is 17.9 Å². The summed E-state index contributed by atoms with van der Waals surface area (Å²) in [5.74, 6) is 0.937. The molecule has 3 aromatic carbocycles. The number of hydrogen-bond acceptors (Lipinski definition) is 5. The average molecular weight is 404 g/mol. The van der Waals surface area contributed by atoms with E-state index in [0.29, 0.717) is 24.5 Å². The van der Waals surface area contributed by atoms with Crippen LogP contribution in [0, 0.1) is 0 Å². The Bertz CT molecular complexity index is 1010. The third kappa shape index (κ3) is 4.30. The van der Waals surface area contributed by atoms with Crippen LogP contribution in [0.15, 0.2) is 72.8 Å². The second kappa shape index (κ2) is 8.98. The van der Waals surface area contributed by atoms with E-state index in [1.807, 2.05) is 36.4 Å². The molecule has 0 spiro atoms. The fraction of sp³-hybridized carbons (Fsp3) is 0.208. The van der Waals surface area contributed by atoms with Crippen LogP contribution in [0.2, 0.25) is 0 Å². The van der Waals surface area contributed by atoms with Crippen molar-refractivity contribution in [2.75, 3.05) is 13.7 Å². The Hall–Kier alpha value is -3.35. The Kier molecular flexibility index (Phi) is 5.97. The molecular weight excluding hydrogens is 380 g/mol. The van der Waals surface area contributed by atoms with Gasteiger partial charge in [0.25, 0.3) is 5.91 Å². The highest BCUT2D eigenvalue weighted by Gasteiger charge is 2.27. The molecule has 1 heterocycles. The fourth-order valence-electron chi connectivity index (χ4n) is 3.74. The molecule has 0 unspecified atom stereocenters. The highest BCUT2D eigenvalue weighted by molar-refractivity contribution is 5.93. The van der Waals surface area contributed by atoms with Gasteiger partial charge in [0, 0.05) is 24.2 Å². The number of ether oxygens (including phenoxy) is 2. The van der Waals surface area contributed by atoms with Crippen LogP contribution in [-0.4, -0.2) is 29.7 Å². The molecule has 3 aromatic rings. The first-order valence-corrected chi connectivity index (χ1v) is 9.80. The van der Waals surface area contributed by atoms with Crippen molar-refractivity contribution in [3.63, 3.8) is 0 Å². The lowest BCUT2D eigenvalue weighted by Gasteiger charge is -2.29. The Balaban J connectivity index is 1.66. The molecule has 30 heavy (non-hydrogen) atoms. The lowest BCUT2D eigenvalue weighted by atomic mass is 10.0. The van der Waals surface area contributed by atoms with Gasteiger partial charge in [-0.25, -0.2) is 5.48 Å². The van der Waals surface area contributed by atoms with Gasteiger partial charge in [0.2, 0.25) is 0 Å². The summed E-state index contributed by atoms with van der Waals surface area (Å²) in [5.41, 5.74) is 5.38. The van der Waals surface area contributed by atoms with Crippen molar-refractivity contribution in [2.45, 2.75) is 19.1 Å². The van der Waals surface area contributed by atoms with Crippen LogP contribution in [0.25, 0.3) is 0 Å². The average Bonchev–Trinajstić information content (AvgIpc) is 2.98. The number of nitrogens with zero attached hydrogens (tertiary/aromatic N) is 1. The van der Waals surface area contributed by atoms with E-state index < -0.39 is 5.91 Å². The van der Waals surface area contributed by atoms with E-state index in [2.05, 4.69) is 29.2 Å². The summed E-state index contributed by atoms with van der Waals surface area (Å²) in [7, 11) is 1.66. The molecule has 154 valence electrons. The van der Waals surface area contributed by atoms with Crippen LogP contribution >= 0.6 is 0 Å². The number of carbonyl (C=O) groups excluding carboxylic acids is 1. The molecule has 0 aliphatic carbocycles. The Morgan fingerprint density at radius 3 is 2.60 bits per heavy atom. The first-order chi connectivity index (χ1) is 14.7. The van der Waals surface area contributed by atoms with E-state index in [-0.39, 0.29) is 6.04 Å². The summed E-state index contributed by atoms with van der Waals surface area (Å²) in [5, 5.41) is 8.92. The summed E-state index contributed by atoms with van der Waals surface area (Å²) < 4.78 is 11.4. The molecule has 0 aromatic heterocycles. The lowest BCUT2D eigenvalue weighted by molar-refractivity contribution is 0.0706. The normalized spacial score (nSPS) is 16.1. The van der Waals surface area contributed by atoms with Gasteiger partial charge in [0.15, 0.2) is 0 Å². The zero-order chi connectivity index (χ0) is 20.9. The molecule has 0 radical (unpaired) electrons. The molecule has 0 bridgehead atoms. The summed E-state index contributed by atoms with van der Waals surface area (Å²) >= 11 is 0. The standard InChI is InChI=1S/C24H24N2O4/c1-29-21-11-7-17(8-12-21)14-26-15-20-10-9-19(24(27)25-28)13-23(20)30-16-22(26)18-5-3-2-4-6-18/h2-13,22,28H,14-16H2,1H3,(H,25,27)/t22-/m1/s1. The number of nitrogens with one attached hydrogen (secondary N) is 1. The number of hydrogen-bond donors (Lipinski definition) is 2. The van der Waals surface area contributed by atoms with Gasteiger partial charge in [0.1, 0.15) is 18.1 Å². The minimum atomic E-state index is -0.555. The minimum Gasteiger partial charge on any atom is -0.497 e. The quantitative estimate of drug-likeness (QED) is 0.498. The largest absolute Gasteiger partial charge is 0.497 e. The number of amides is 1. The molecule has 0 saturated carbocycles. The number of carbonyl (C=O) groups is 1. The highest BCUT2D eigenvalue weighted by Crippen LogP contribution is 2.33. The van der Waals surface area contributed by atoms with Crippen LogP contribution in [0.3, 0.4) is 0 Å². The Labute approximate surface area is 175 Å². The van der Waals surface area contributed by atoms with Gasteiger partial charge >= 0.3 is 0 Å². The number of hydroxylamine groups is 1. The summed E-state index contributed by atoms with van der Waals surface area (Å²) in [6.07, 6.45) is 0. The van der Waals surface area contributed by atoms with Gasteiger partial charge in [-0.3, -0.25) is 14.9 Å². The number of methoxy groups -OCH3 is 1. The van der Waals surface area contributed by atoms with Crippen molar-refractivity contribution in [1.29, 1.82) is 0 Å². The molecule has 0 saturated heterocycles. The van der Waals surface area contributed by atoms with Crippen LogP contribution in [-0.2, 0) is 13.1 Å². The van der Waals surface area contributed by atoms with Crippen molar-refractivity contribution < 1.29 is 19.5 Å². The zero-order valence-corrected chi connectivity index (χ0v) is 16.7. The van der Waals surface area contributed by atoms with Crippen LogP contribution in [0.1, 0.15) is 33.1 Å². The van der Waals surface area contributed by atoms with Crippen LogP contribution in [0.5, 0.6) is 11.5 Å². The maximum Gasteiger partial charge on any atom is 0.274 e. The van der Waals surface area contributed by atoms with Gasteiger partial charge < -0.3 is 9.47 Å². The Morgan fingerprint density at radius 1 is 1.13 bits per heavy atom. The van der Waals surface area contributed by atoms with Crippen LogP contribution < -0.4 is 15.0 Å². The van der Waals surface area contributed by atoms with E-state index in [4.69, 9.17) is 14.7 Å². The van der Waals surface area contributed by atoms with Crippen molar-refractivity contribution in [3.8, 4) is 11.5 Å². The SMILES string of the molecule is COc1ccc(CN2Cc3ccc(C(=O)NO)cc3OC[C@@H]2c2ccccc2)cc1. The predicted molar refractivity (Wildman–Crippen MR) is 113 cm³/mol. The lowest BCUT2D eigenvalue weighted by Crippen LogP contribution is -2.30. The molecule has 1 aliphatic rings. The van der Waals surface area contributed by atoms with Gasteiger partial charge in [-0.15, -0.1) is 0 Å². The third-order valence-corrected chi connectivity index (χ3v) is 5.37. The smallest absolute Gasteiger partial charge is 0.274 e. The summed E-state index contributed by atoms with van der Waals surface area (Å²) in [4.78, 5) is 14.2. The number of benzene rings is 3. The molecular formula is C24H24N2O4. The van der Waals surface area contributed by atoms with Gasteiger partial charge in [-0.2, -0.15) is 0 Å². The molecule has 1 aliphatic heterocycles. The maximum absolute atomic E-state index is 11.8. The van der Waals surface area contributed by atoms with Crippen molar-refractivity contribution in [2.24, 2.45) is 0 Å². The zero-order valence-electron chi connectivity index (χ0n) is 16.7. The minimum absolute atomic E-state index is 0.0517. The molecule has 0 fully saturated rings. The molecule has 6 heteroatoms. The van der Waals surface area contributed by atoms with Crippen molar-refractivity contribution >= 4 is 5.91 Å². The molecule has 1 atom stereocenters. The second-order valence-corrected chi connectivity index (χ2v) is 7.25. The van der Waals surface area contributed by atoms with E-state index >= 15 is 0 Å². The monoisotopic (exact) mass is 404 g/mol. The number of fused-ring (bicyclic) bond motifs is 1. The van der Waals surface area contributed by atoms with Crippen molar-refractivity contribution in [1.82, 2.24) is 10.4 Å². The highest BCUT2D eigenvalue weighted by atomic mass is 16.5. The van der Waals surface area contributed by atoms with E-state index in [9.17, 15) is 4.79 Å². The molecule has 2 N–H and O–H groups in total. The van der Waals surface area contributed by atoms with Gasteiger partial charge in [-0.05, 0) is 35.4 Å². The maximum atomic E-state index is 11.8. The topological polar surface area (TPSA) is 71.0 Å². The van der Waals surface area contributed by atoms with Gasteiger partial charge in [-0.1, -0.05) is 48.5 Å².